The van der Waals surface area contributed by atoms with Crippen LogP contribution in [0.3, 0.4) is 0 Å². The van der Waals surface area contributed by atoms with Crippen molar-refractivity contribution in [2.24, 2.45) is 0 Å². The Bertz CT molecular complexity index is 481. The molecule has 7 heteroatoms. The van der Waals surface area contributed by atoms with E-state index in [9.17, 15) is 18.0 Å². The van der Waals surface area contributed by atoms with Gasteiger partial charge in [0, 0.05) is 25.2 Å². The first kappa shape index (κ1) is 15.4. The fourth-order valence-corrected chi connectivity index (χ4v) is 2.08. The minimum absolute atomic E-state index is 0.0322. The topological polar surface area (TPSA) is 40.5 Å². The molecule has 1 aromatic rings. The van der Waals surface area contributed by atoms with Gasteiger partial charge in [0.25, 0.3) is 0 Å². The molecule has 0 saturated heterocycles. The van der Waals surface area contributed by atoms with E-state index in [1.54, 1.807) is 19.0 Å². The van der Waals surface area contributed by atoms with E-state index in [4.69, 9.17) is 5.11 Å². The number of carbonyl (C=O) groups is 1. The van der Waals surface area contributed by atoms with E-state index in [1.807, 2.05) is 0 Å². The molecule has 0 amide bonds. The Balaban J connectivity index is 2.90. The van der Waals surface area contributed by atoms with Gasteiger partial charge in [-0.25, -0.2) is 4.79 Å². The summed E-state index contributed by atoms with van der Waals surface area (Å²) < 4.78 is 37.1. The van der Waals surface area contributed by atoms with Crippen LogP contribution in [0.2, 0.25) is 0 Å². The predicted molar refractivity (Wildman–Crippen MR) is 66.7 cm³/mol. The van der Waals surface area contributed by atoms with Crippen molar-refractivity contribution >= 4 is 17.7 Å². The van der Waals surface area contributed by atoms with Crippen molar-refractivity contribution in [2.45, 2.75) is 11.1 Å². The first-order chi connectivity index (χ1) is 8.70. The van der Waals surface area contributed by atoms with Crippen molar-refractivity contribution < 1.29 is 23.1 Å². The zero-order valence-electron chi connectivity index (χ0n) is 10.2. The van der Waals surface area contributed by atoms with Crippen LogP contribution >= 0.6 is 11.8 Å². The molecule has 0 aliphatic heterocycles. The van der Waals surface area contributed by atoms with Crippen molar-refractivity contribution in [3.63, 3.8) is 0 Å². The van der Waals surface area contributed by atoms with Gasteiger partial charge in [0.1, 0.15) is 4.91 Å². The molecule has 104 valence electrons. The molecule has 0 heterocycles. The molecule has 0 aliphatic rings. The zero-order valence-corrected chi connectivity index (χ0v) is 11.0. The lowest BCUT2D eigenvalue weighted by atomic mass is 10.2. The van der Waals surface area contributed by atoms with Gasteiger partial charge in [0.05, 0.1) is 5.56 Å². The summed E-state index contributed by atoms with van der Waals surface area (Å²) in [6.07, 6.45) is -3.00. The summed E-state index contributed by atoms with van der Waals surface area (Å²) in [4.78, 5) is 13.0. The molecule has 1 N–H and O–H groups in total. The maximum Gasteiger partial charge on any atom is 0.416 e. The van der Waals surface area contributed by atoms with E-state index in [1.165, 1.54) is 18.3 Å². The van der Waals surface area contributed by atoms with Gasteiger partial charge in [-0.2, -0.15) is 13.2 Å². The highest BCUT2D eigenvalue weighted by molar-refractivity contribution is 8.04. The first-order valence-electron chi connectivity index (χ1n) is 5.17. The average molecular weight is 291 g/mol. The highest BCUT2D eigenvalue weighted by atomic mass is 32.2. The Morgan fingerprint density at radius 3 is 2.16 bits per heavy atom. The number of hydrogen-bond donors (Lipinski definition) is 1. The van der Waals surface area contributed by atoms with E-state index in [0.717, 1.165) is 23.9 Å². The van der Waals surface area contributed by atoms with Crippen molar-refractivity contribution in [1.82, 2.24) is 4.90 Å². The number of nitrogens with zero attached hydrogens (tertiary/aromatic N) is 1. The van der Waals surface area contributed by atoms with Crippen molar-refractivity contribution in [3.05, 3.63) is 40.9 Å². The zero-order chi connectivity index (χ0) is 14.6. The minimum Gasteiger partial charge on any atom is -0.477 e. The molecule has 19 heavy (non-hydrogen) atoms. The lowest BCUT2D eigenvalue weighted by Gasteiger charge is -2.09. The number of aliphatic carboxylic acids is 1. The molecule has 1 aromatic carbocycles. The number of benzene rings is 1. The number of rotatable bonds is 4. The second-order valence-corrected chi connectivity index (χ2v) is 5.00. The summed E-state index contributed by atoms with van der Waals surface area (Å²) in [6.45, 7) is 0. The highest BCUT2D eigenvalue weighted by Gasteiger charge is 2.30. The highest BCUT2D eigenvalue weighted by Crippen LogP contribution is 2.32. The quantitative estimate of drug-likeness (QED) is 0.682. The second kappa shape index (κ2) is 6.01. The lowest BCUT2D eigenvalue weighted by Crippen LogP contribution is -2.07. The molecular formula is C12H12F3NO2S. The molecule has 0 unspecified atom stereocenters. The van der Waals surface area contributed by atoms with Gasteiger partial charge in [0.2, 0.25) is 0 Å². The second-order valence-electron chi connectivity index (χ2n) is 3.89. The molecule has 1 rings (SSSR count). The van der Waals surface area contributed by atoms with Gasteiger partial charge in [-0.05, 0) is 24.3 Å². The van der Waals surface area contributed by atoms with E-state index in [-0.39, 0.29) is 4.91 Å². The molecule has 3 nitrogen and oxygen atoms in total. The first-order valence-corrected chi connectivity index (χ1v) is 5.98. The van der Waals surface area contributed by atoms with Crippen molar-refractivity contribution in [3.8, 4) is 0 Å². The number of carboxylic acids is 1. The Hall–Kier alpha value is -1.63. The Kier molecular flexibility index (Phi) is 4.88. The molecule has 0 radical (unpaired) electrons. The van der Waals surface area contributed by atoms with E-state index < -0.39 is 17.7 Å². The largest absolute Gasteiger partial charge is 0.477 e. The normalized spacial score (nSPS) is 12.4. The van der Waals surface area contributed by atoms with E-state index in [2.05, 4.69) is 0 Å². The number of alkyl halides is 3. The lowest BCUT2D eigenvalue weighted by molar-refractivity contribution is -0.137. The summed E-state index contributed by atoms with van der Waals surface area (Å²) in [5, 5.41) is 8.97. The maximum atomic E-state index is 12.4. The van der Waals surface area contributed by atoms with Crippen LogP contribution in [0.4, 0.5) is 13.2 Å². The van der Waals surface area contributed by atoms with Crippen LogP contribution in [0.25, 0.3) is 0 Å². The van der Waals surface area contributed by atoms with Crippen molar-refractivity contribution in [1.29, 1.82) is 0 Å². The number of carboxylic acid groups (broad SMARTS) is 1. The number of halogens is 3. The summed E-state index contributed by atoms with van der Waals surface area (Å²) in [5.41, 5.74) is -0.759. The van der Waals surface area contributed by atoms with Gasteiger partial charge in [-0.1, -0.05) is 11.8 Å². The molecular weight excluding hydrogens is 279 g/mol. The third kappa shape index (κ3) is 4.86. The molecule has 0 bridgehead atoms. The summed E-state index contributed by atoms with van der Waals surface area (Å²) in [7, 11) is 3.33. The third-order valence-corrected chi connectivity index (χ3v) is 3.00. The van der Waals surface area contributed by atoms with Gasteiger partial charge >= 0.3 is 12.1 Å². The third-order valence-electron chi connectivity index (χ3n) is 2.00. The average Bonchev–Trinajstić information content (AvgIpc) is 2.27. The summed E-state index contributed by atoms with van der Waals surface area (Å²) in [6, 6.07) is 4.36. The Morgan fingerprint density at radius 2 is 1.79 bits per heavy atom. The van der Waals surface area contributed by atoms with Crippen LogP contribution in [0.1, 0.15) is 5.56 Å². The smallest absolute Gasteiger partial charge is 0.416 e. The summed E-state index contributed by atoms with van der Waals surface area (Å²) in [5.74, 6) is -1.13. The van der Waals surface area contributed by atoms with Crippen LogP contribution in [0.5, 0.6) is 0 Å². The van der Waals surface area contributed by atoms with Crippen LogP contribution in [0.15, 0.2) is 40.3 Å². The molecule has 0 spiro atoms. The van der Waals surface area contributed by atoms with Gasteiger partial charge in [-0.15, -0.1) is 0 Å². The minimum atomic E-state index is -4.39. The Labute approximate surface area is 112 Å². The molecule has 0 saturated carbocycles. The van der Waals surface area contributed by atoms with Crippen LogP contribution in [-0.2, 0) is 11.0 Å². The fraction of sp³-hybridized carbons (Fsp3) is 0.250. The van der Waals surface area contributed by atoms with Gasteiger partial charge < -0.3 is 10.0 Å². The summed E-state index contributed by atoms with van der Waals surface area (Å²) >= 11 is 0.897. The number of hydrogen-bond acceptors (Lipinski definition) is 3. The molecule has 0 fully saturated rings. The van der Waals surface area contributed by atoms with Crippen LogP contribution in [-0.4, -0.2) is 30.1 Å². The molecule has 0 atom stereocenters. The fourth-order valence-electron chi connectivity index (χ4n) is 1.20. The van der Waals surface area contributed by atoms with Crippen molar-refractivity contribution in [2.75, 3.05) is 14.1 Å². The predicted octanol–water partition coefficient (Wildman–Crippen LogP) is 3.29. The monoisotopic (exact) mass is 291 g/mol. The van der Waals surface area contributed by atoms with Gasteiger partial charge in [-0.3, -0.25) is 0 Å². The maximum absolute atomic E-state index is 12.4. The molecule has 0 aliphatic carbocycles. The van der Waals surface area contributed by atoms with Crippen LogP contribution < -0.4 is 0 Å². The number of thioether (sulfide) groups is 1. The standard InChI is InChI=1S/C12H12F3NO2S/c1-16(2)7-10(11(17)18)19-9-5-3-8(4-6-9)12(13,14)15/h3-7H,1-2H3,(H,17,18)/b10-7+. The Morgan fingerprint density at radius 1 is 1.26 bits per heavy atom. The van der Waals surface area contributed by atoms with Crippen LogP contribution in [0, 0.1) is 0 Å². The van der Waals surface area contributed by atoms with E-state index >= 15 is 0 Å². The SMILES string of the molecule is CN(C)/C=C(/Sc1ccc(C(F)(F)F)cc1)C(=O)O. The van der Waals surface area contributed by atoms with E-state index in [0.29, 0.717) is 4.90 Å². The molecule has 0 aromatic heterocycles. The van der Waals surface area contributed by atoms with Gasteiger partial charge in [0.15, 0.2) is 0 Å².